The van der Waals surface area contributed by atoms with Gasteiger partial charge in [-0.25, -0.2) is 19.5 Å². The molecule has 5 rings (SSSR count). The number of nitrogens with one attached hydrogen (secondary N) is 1. The first-order chi connectivity index (χ1) is 12.3. The van der Waals surface area contributed by atoms with Gasteiger partial charge in [0.2, 0.25) is 5.95 Å². The van der Waals surface area contributed by atoms with Gasteiger partial charge < -0.3 is 9.88 Å². The number of pyridine rings is 1. The fourth-order valence-corrected chi connectivity index (χ4v) is 3.58. The third-order valence-corrected chi connectivity index (χ3v) is 4.80. The highest BCUT2D eigenvalue weighted by atomic mass is 35.5. The molecular formula is C17H14ClN7. The van der Waals surface area contributed by atoms with Crippen LogP contribution < -0.4 is 4.90 Å². The van der Waals surface area contributed by atoms with Gasteiger partial charge in [0.15, 0.2) is 0 Å². The zero-order valence-corrected chi connectivity index (χ0v) is 13.9. The summed E-state index contributed by atoms with van der Waals surface area (Å²) < 4.78 is 1.79. The van der Waals surface area contributed by atoms with Crippen molar-refractivity contribution in [1.29, 1.82) is 0 Å². The summed E-state index contributed by atoms with van der Waals surface area (Å²) in [5.41, 5.74) is 3.82. The second-order valence-corrected chi connectivity index (χ2v) is 6.32. The van der Waals surface area contributed by atoms with E-state index in [1.54, 1.807) is 23.2 Å². The minimum absolute atomic E-state index is 0.159. The van der Waals surface area contributed by atoms with Crippen molar-refractivity contribution in [3.63, 3.8) is 0 Å². The van der Waals surface area contributed by atoms with E-state index in [1.807, 2.05) is 30.5 Å². The molecule has 0 saturated heterocycles. The molecule has 4 aromatic heterocycles. The van der Waals surface area contributed by atoms with Gasteiger partial charge in [0, 0.05) is 37.3 Å². The first kappa shape index (κ1) is 14.4. The van der Waals surface area contributed by atoms with Crippen molar-refractivity contribution in [1.82, 2.24) is 29.5 Å². The third-order valence-electron chi connectivity index (χ3n) is 4.48. The fourth-order valence-electron chi connectivity index (χ4n) is 3.36. The minimum Gasteiger partial charge on any atom is -0.348 e. The second kappa shape index (κ2) is 5.56. The molecule has 1 unspecified atom stereocenters. The number of aromatic nitrogens is 6. The third kappa shape index (κ3) is 2.27. The van der Waals surface area contributed by atoms with Crippen LogP contribution in [0.25, 0.3) is 5.52 Å². The fraction of sp³-hybridized carbons (Fsp3) is 0.176. The number of rotatable bonds is 2. The number of fused-ring (bicyclic) bond motifs is 2. The number of halogens is 1. The van der Waals surface area contributed by atoms with E-state index in [1.165, 1.54) is 0 Å². The summed E-state index contributed by atoms with van der Waals surface area (Å²) in [5.74, 6) is 0.671. The van der Waals surface area contributed by atoms with Crippen molar-refractivity contribution >= 4 is 23.1 Å². The second-order valence-electron chi connectivity index (χ2n) is 5.92. The highest BCUT2D eigenvalue weighted by Gasteiger charge is 2.34. The predicted octanol–water partition coefficient (Wildman–Crippen LogP) is 2.65. The quantitative estimate of drug-likeness (QED) is 0.601. The summed E-state index contributed by atoms with van der Waals surface area (Å²) in [4.78, 5) is 18.8. The van der Waals surface area contributed by atoms with Crippen molar-refractivity contribution in [3.8, 4) is 0 Å². The Morgan fingerprint density at radius 3 is 2.88 bits per heavy atom. The molecule has 0 bridgehead atoms. The molecule has 1 aliphatic rings. The summed E-state index contributed by atoms with van der Waals surface area (Å²) in [7, 11) is 0. The Labute approximate surface area is 148 Å². The van der Waals surface area contributed by atoms with Crippen molar-refractivity contribution in [2.75, 3.05) is 11.4 Å². The smallest absolute Gasteiger partial charge is 0.226 e. The van der Waals surface area contributed by atoms with Crippen molar-refractivity contribution < 1.29 is 0 Å². The molecule has 25 heavy (non-hydrogen) atoms. The lowest BCUT2D eigenvalue weighted by Crippen LogP contribution is -2.37. The van der Waals surface area contributed by atoms with Crippen LogP contribution in [0.1, 0.15) is 23.1 Å². The Morgan fingerprint density at radius 1 is 1.16 bits per heavy atom. The molecule has 4 aromatic rings. The van der Waals surface area contributed by atoms with Crippen LogP contribution >= 0.6 is 11.6 Å². The number of nitrogens with zero attached hydrogens (tertiary/aromatic N) is 6. The molecule has 0 amide bonds. The van der Waals surface area contributed by atoms with E-state index >= 15 is 0 Å². The van der Waals surface area contributed by atoms with Crippen LogP contribution in [0.15, 0.2) is 49.2 Å². The average Bonchev–Trinajstić information content (AvgIpc) is 3.29. The number of anilines is 1. The van der Waals surface area contributed by atoms with Crippen LogP contribution in [0.2, 0.25) is 5.02 Å². The monoisotopic (exact) mass is 351 g/mol. The van der Waals surface area contributed by atoms with Crippen LogP contribution in [0.3, 0.4) is 0 Å². The van der Waals surface area contributed by atoms with Crippen LogP contribution in [-0.4, -0.2) is 36.1 Å². The standard InChI is InChI=1S/C17H14ClN7/c18-11-3-1-7-25-14(11)9-13(23-25)16-15-12(21-10-22-15)4-8-24(16)17-19-5-2-6-20-17/h1-3,5-7,9-10,16H,4,8H2,(H,21,22). The van der Waals surface area contributed by atoms with Gasteiger partial charge in [-0.15, -0.1) is 0 Å². The molecule has 5 heterocycles. The Hall–Kier alpha value is -2.93. The molecule has 0 radical (unpaired) electrons. The summed E-state index contributed by atoms with van der Waals surface area (Å²) in [5, 5.41) is 5.40. The van der Waals surface area contributed by atoms with E-state index in [0.29, 0.717) is 11.0 Å². The molecule has 7 nitrogen and oxygen atoms in total. The van der Waals surface area contributed by atoms with Crippen molar-refractivity contribution in [2.24, 2.45) is 0 Å². The minimum atomic E-state index is -0.159. The molecule has 8 heteroatoms. The predicted molar refractivity (Wildman–Crippen MR) is 93.7 cm³/mol. The van der Waals surface area contributed by atoms with Gasteiger partial charge in [-0.2, -0.15) is 5.10 Å². The molecule has 0 saturated carbocycles. The maximum Gasteiger partial charge on any atom is 0.226 e. The van der Waals surface area contributed by atoms with E-state index in [0.717, 1.165) is 35.6 Å². The lowest BCUT2D eigenvalue weighted by atomic mass is 10.0. The lowest BCUT2D eigenvalue weighted by Gasteiger charge is -2.33. The highest BCUT2D eigenvalue weighted by Crippen LogP contribution is 2.35. The lowest BCUT2D eigenvalue weighted by molar-refractivity contribution is 0.602. The molecule has 1 aliphatic heterocycles. The van der Waals surface area contributed by atoms with Gasteiger partial charge in [-0.05, 0) is 24.3 Å². The van der Waals surface area contributed by atoms with E-state index in [2.05, 4.69) is 24.8 Å². The van der Waals surface area contributed by atoms with Crippen molar-refractivity contribution in [2.45, 2.75) is 12.5 Å². The number of hydrogen-bond acceptors (Lipinski definition) is 5. The molecule has 1 atom stereocenters. The topological polar surface area (TPSA) is 75.0 Å². The van der Waals surface area contributed by atoms with E-state index < -0.39 is 0 Å². The normalized spacial score (nSPS) is 17.0. The number of aromatic amines is 1. The summed E-state index contributed by atoms with van der Waals surface area (Å²) in [6.45, 7) is 0.783. The van der Waals surface area contributed by atoms with E-state index in [-0.39, 0.29) is 6.04 Å². The zero-order chi connectivity index (χ0) is 16.8. The molecule has 0 fully saturated rings. The summed E-state index contributed by atoms with van der Waals surface area (Å²) >= 11 is 6.32. The maximum atomic E-state index is 6.32. The first-order valence-corrected chi connectivity index (χ1v) is 8.38. The number of hydrogen-bond donors (Lipinski definition) is 1. The maximum absolute atomic E-state index is 6.32. The molecule has 0 aromatic carbocycles. The van der Waals surface area contributed by atoms with Crippen LogP contribution in [0.5, 0.6) is 0 Å². The Balaban J connectivity index is 1.70. The Kier molecular flexibility index (Phi) is 3.21. The van der Waals surface area contributed by atoms with E-state index in [4.69, 9.17) is 16.7 Å². The summed E-state index contributed by atoms with van der Waals surface area (Å²) in [6, 6.07) is 7.40. The largest absolute Gasteiger partial charge is 0.348 e. The van der Waals surface area contributed by atoms with E-state index in [9.17, 15) is 0 Å². The Bertz CT molecular complexity index is 1040. The van der Waals surface area contributed by atoms with Gasteiger partial charge in [0.1, 0.15) is 6.04 Å². The molecular weight excluding hydrogens is 338 g/mol. The van der Waals surface area contributed by atoms with Crippen molar-refractivity contribution in [3.05, 3.63) is 71.3 Å². The zero-order valence-electron chi connectivity index (χ0n) is 13.2. The molecule has 1 N–H and O–H groups in total. The SMILES string of the molecule is Clc1cccn2nc(C3c4nc[nH]c4CCN3c3ncccn3)cc12. The van der Waals surface area contributed by atoms with Gasteiger partial charge in [0.05, 0.1) is 28.3 Å². The molecule has 0 spiro atoms. The van der Waals surface area contributed by atoms with Crippen LogP contribution in [-0.2, 0) is 6.42 Å². The van der Waals surface area contributed by atoms with Gasteiger partial charge in [-0.1, -0.05) is 11.6 Å². The van der Waals surface area contributed by atoms with Crippen LogP contribution in [0.4, 0.5) is 5.95 Å². The summed E-state index contributed by atoms with van der Waals surface area (Å²) in [6.07, 6.45) is 7.98. The van der Waals surface area contributed by atoms with Gasteiger partial charge >= 0.3 is 0 Å². The number of imidazole rings is 1. The highest BCUT2D eigenvalue weighted by molar-refractivity contribution is 6.33. The van der Waals surface area contributed by atoms with Crippen LogP contribution in [0, 0.1) is 0 Å². The number of H-pyrrole nitrogens is 1. The average molecular weight is 352 g/mol. The molecule has 124 valence electrons. The van der Waals surface area contributed by atoms with Gasteiger partial charge in [0.25, 0.3) is 0 Å². The molecule has 0 aliphatic carbocycles. The first-order valence-electron chi connectivity index (χ1n) is 8.01. The Morgan fingerprint density at radius 2 is 2.04 bits per heavy atom. The van der Waals surface area contributed by atoms with Gasteiger partial charge in [-0.3, -0.25) is 0 Å².